The molecule has 9 heteroatoms. The van der Waals surface area contributed by atoms with Gasteiger partial charge in [-0.2, -0.15) is 12.6 Å². The minimum atomic E-state index is -2.68. The summed E-state index contributed by atoms with van der Waals surface area (Å²) >= 11 is 4.10. The van der Waals surface area contributed by atoms with Crippen molar-refractivity contribution in [1.82, 2.24) is 4.90 Å². The van der Waals surface area contributed by atoms with Crippen LogP contribution in [0.1, 0.15) is 219 Å². The van der Waals surface area contributed by atoms with E-state index >= 15 is 0 Å². The number of thiol groups is 1. The van der Waals surface area contributed by atoms with Crippen LogP contribution in [0.4, 0.5) is 0 Å². The number of unbranched alkanes of at least 4 members (excludes halogenated alkanes) is 28. The first kappa shape index (κ1) is 49.6. The quantitative estimate of drug-likeness (QED) is 0.0281. The molecule has 0 aliphatic heterocycles. The Hall–Kier alpha value is -1.45. The topological polar surface area (TPSA) is 132 Å². The van der Waals surface area contributed by atoms with Crippen molar-refractivity contribution in [2.75, 3.05) is 12.4 Å². The van der Waals surface area contributed by atoms with Gasteiger partial charge in [0.25, 0.3) is 0 Å². The lowest BCUT2D eigenvalue weighted by atomic mass is 9.89. The normalized spacial score (nSPS) is 13.2. The van der Waals surface area contributed by atoms with Crippen LogP contribution in [0.3, 0.4) is 0 Å². The van der Waals surface area contributed by atoms with Crippen molar-refractivity contribution in [3.63, 3.8) is 0 Å². The monoisotopic (exact) mass is 742 g/mol. The average molecular weight is 742 g/mol. The van der Waals surface area contributed by atoms with E-state index in [4.69, 9.17) is 0 Å². The third-order valence-electron chi connectivity index (χ3n) is 10.3. The maximum atomic E-state index is 13.5. The summed E-state index contributed by atoms with van der Waals surface area (Å²) < 4.78 is 0. The molecule has 8 nitrogen and oxygen atoms in total. The molecule has 0 aliphatic rings. The minimum Gasteiger partial charge on any atom is -0.479 e. The predicted molar refractivity (Wildman–Crippen MR) is 213 cm³/mol. The molecule has 300 valence electrons. The highest BCUT2D eigenvalue weighted by atomic mass is 32.1. The molecule has 2 amide bonds. The fourth-order valence-corrected chi connectivity index (χ4v) is 7.40. The SMILES string of the molecule is CCCCCCCCCCCCCCCCCC(=O)N(C(=O)CCCCCCCCCCCCCCCCC)C(CS)(C(=O)O)C(=O)[C@@H](O)CO. The number of Topliss-reactive ketones (excluding diaryl/α,β-unsaturated/α-hetero) is 1. The van der Waals surface area contributed by atoms with Gasteiger partial charge in [0.05, 0.1) is 6.61 Å². The van der Waals surface area contributed by atoms with Gasteiger partial charge in [0.1, 0.15) is 6.10 Å². The number of hydrogen-bond donors (Lipinski definition) is 4. The molecule has 0 fully saturated rings. The second-order valence-electron chi connectivity index (χ2n) is 14.9. The summed E-state index contributed by atoms with van der Waals surface area (Å²) in [5.41, 5.74) is -2.68. The molecular formula is C42H79NO7S. The van der Waals surface area contributed by atoms with Gasteiger partial charge in [-0.25, -0.2) is 4.79 Å². The first-order valence-electron chi connectivity index (χ1n) is 21.3. The minimum absolute atomic E-state index is 0.0752. The number of aliphatic carboxylic acids is 1. The number of ketones is 1. The van der Waals surface area contributed by atoms with E-state index in [0.717, 1.165) is 51.4 Å². The molecule has 0 aromatic rings. The number of aliphatic hydroxyl groups is 2. The summed E-state index contributed by atoms with van der Waals surface area (Å²) in [5, 5.41) is 29.8. The Kier molecular flexibility index (Phi) is 33.4. The smallest absolute Gasteiger partial charge is 0.338 e. The number of hydrogen-bond acceptors (Lipinski definition) is 7. The zero-order chi connectivity index (χ0) is 38.0. The van der Waals surface area contributed by atoms with Crippen molar-refractivity contribution in [3.05, 3.63) is 0 Å². The summed E-state index contributed by atoms with van der Waals surface area (Å²) in [6.45, 7) is 3.47. The number of carbonyl (C=O) groups is 4. The molecule has 0 aromatic carbocycles. The van der Waals surface area contributed by atoms with Crippen molar-refractivity contribution in [1.29, 1.82) is 0 Å². The van der Waals surface area contributed by atoms with Crippen LogP contribution in [0.15, 0.2) is 0 Å². The Morgan fingerprint density at radius 2 is 0.765 bits per heavy atom. The molecule has 0 spiro atoms. The lowest BCUT2D eigenvalue weighted by Crippen LogP contribution is -2.67. The fraction of sp³-hybridized carbons (Fsp3) is 0.905. The van der Waals surface area contributed by atoms with Crippen LogP contribution in [0.5, 0.6) is 0 Å². The molecule has 0 heterocycles. The molecule has 0 saturated heterocycles. The van der Waals surface area contributed by atoms with Crippen LogP contribution < -0.4 is 0 Å². The number of carboxylic acids is 1. The van der Waals surface area contributed by atoms with Crippen molar-refractivity contribution in [2.24, 2.45) is 0 Å². The Morgan fingerprint density at radius 1 is 0.510 bits per heavy atom. The zero-order valence-corrected chi connectivity index (χ0v) is 33.9. The van der Waals surface area contributed by atoms with Gasteiger partial charge < -0.3 is 15.3 Å². The first-order chi connectivity index (χ1) is 24.7. The van der Waals surface area contributed by atoms with Crippen LogP contribution in [0, 0.1) is 0 Å². The van der Waals surface area contributed by atoms with Gasteiger partial charge in [-0.05, 0) is 12.8 Å². The van der Waals surface area contributed by atoms with Crippen LogP contribution >= 0.6 is 12.6 Å². The highest BCUT2D eigenvalue weighted by Gasteiger charge is 2.56. The van der Waals surface area contributed by atoms with Crippen LogP contribution in [0.2, 0.25) is 0 Å². The van der Waals surface area contributed by atoms with E-state index in [1.54, 1.807) is 0 Å². The third-order valence-corrected chi connectivity index (χ3v) is 10.8. The highest BCUT2D eigenvalue weighted by molar-refractivity contribution is 7.80. The molecule has 0 saturated carbocycles. The molecule has 0 rings (SSSR count). The fourth-order valence-electron chi connectivity index (χ4n) is 6.97. The Labute approximate surface area is 318 Å². The number of amides is 2. The summed E-state index contributed by atoms with van der Waals surface area (Å²) in [6, 6.07) is 0. The molecule has 3 N–H and O–H groups in total. The zero-order valence-electron chi connectivity index (χ0n) is 33.0. The van der Waals surface area contributed by atoms with Crippen molar-refractivity contribution < 1.29 is 34.5 Å². The predicted octanol–water partition coefficient (Wildman–Crippen LogP) is 10.5. The number of carbonyl (C=O) groups excluding carboxylic acids is 3. The van der Waals surface area contributed by atoms with E-state index in [1.807, 2.05) is 0 Å². The van der Waals surface area contributed by atoms with Crippen LogP contribution in [0.25, 0.3) is 0 Å². The molecule has 0 aliphatic carbocycles. The van der Waals surface area contributed by atoms with Crippen molar-refractivity contribution in [3.8, 4) is 0 Å². The van der Waals surface area contributed by atoms with E-state index in [0.29, 0.717) is 17.7 Å². The van der Waals surface area contributed by atoms with Crippen molar-refractivity contribution in [2.45, 2.75) is 231 Å². The lowest BCUT2D eigenvalue weighted by molar-refractivity contribution is -0.172. The van der Waals surface area contributed by atoms with Gasteiger partial charge in [0.15, 0.2) is 0 Å². The average Bonchev–Trinajstić information content (AvgIpc) is 3.12. The van der Waals surface area contributed by atoms with Crippen molar-refractivity contribution >= 4 is 36.2 Å². The Morgan fingerprint density at radius 3 is 0.980 bits per heavy atom. The number of nitrogens with zero attached hydrogens (tertiary/aromatic N) is 1. The van der Waals surface area contributed by atoms with E-state index in [2.05, 4.69) is 26.5 Å². The van der Waals surface area contributed by atoms with E-state index in [-0.39, 0.29) is 12.8 Å². The third kappa shape index (κ3) is 23.1. The number of carboxylic acid groups (broad SMARTS) is 1. The summed E-state index contributed by atoms with van der Waals surface area (Å²) in [5.74, 6) is -5.21. The van der Waals surface area contributed by atoms with E-state index in [1.165, 1.54) is 128 Å². The lowest BCUT2D eigenvalue weighted by Gasteiger charge is -2.38. The van der Waals surface area contributed by atoms with Gasteiger partial charge in [0.2, 0.25) is 23.1 Å². The number of rotatable bonds is 38. The molecule has 51 heavy (non-hydrogen) atoms. The van der Waals surface area contributed by atoms with Gasteiger partial charge in [-0.1, -0.05) is 194 Å². The number of aliphatic hydroxyl groups excluding tert-OH is 2. The molecule has 0 radical (unpaired) electrons. The van der Waals surface area contributed by atoms with E-state index < -0.39 is 47.6 Å². The Balaban J connectivity index is 4.72. The Bertz CT molecular complexity index is 839. The molecule has 0 aromatic heterocycles. The standard InChI is InChI=1S/C42H79NO7S/c1-3-5-7-9-11-13-15-17-19-21-23-25-27-29-31-33-38(46)43(42(36-51,41(49)50)40(48)37(45)35-44)39(47)34-32-30-28-26-24-22-20-18-16-14-12-10-8-6-4-2/h37,44-45,51H,3-36H2,1-2H3,(H,49,50)/t37-,42?/m0/s1. The van der Waals surface area contributed by atoms with Gasteiger partial charge in [0, 0.05) is 18.6 Å². The second kappa shape index (κ2) is 34.3. The van der Waals surface area contributed by atoms with Crippen LogP contribution in [-0.2, 0) is 19.2 Å². The van der Waals surface area contributed by atoms with Gasteiger partial charge in [-0.15, -0.1) is 0 Å². The molecule has 0 bridgehead atoms. The molecule has 1 unspecified atom stereocenters. The molecular weight excluding hydrogens is 663 g/mol. The summed E-state index contributed by atoms with van der Waals surface area (Å²) in [6.07, 6.45) is 32.7. The highest BCUT2D eigenvalue weighted by Crippen LogP contribution is 2.26. The van der Waals surface area contributed by atoms with Gasteiger partial charge in [-0.3, -0.25) is 19.3 Å². The maximum absolute atomic E-state index is 13.5. The number of imide groups is 1. The van der Waals surface area contributed by atoms with E-state index in [9.17, 15) is 34.5 Å². The van der Waals surface area contributed by atoms with Gasteiger partial charge >= 0.3 is 5.97 Å². The summed E-state index contributed by atoms with van der Waals surface area (Å²) in [7, 11) is 0. The summed E-state index contributed by atoms with van der Waals surface area (Å²) in [4.78, 5) is 53.3. The maximum Gasteiger partial charge on any atom is 0.338 e. The first-order valence-corrected chi connectivity index (χ1v) is 21.9. The largest absolute Gasteiger partial charge is 0.479 e. The second-order valence-corrected chi connectivity index (χ2v) is 15.2. The molecule has 2 atom stereocenters. The van der Waals surface area contributed by atoms with Crippen LogP contribution in [-0.4, -0.2) is 67.8 Å².